The third-order valence-electron chi connectivity index (χ3n) is 2.02. The van der Waals surface area contributed by atoms with Crippen LogP contribution in [0.1, 0.15) is 11.1 Å². The summed E-state index contributed by atoms with van der Waals surface area (Å²) in [6.45, 7) is 0. The fourth-order valence-corrected chi connectivity index (χ4v) is 1.36. The summed E-state index contributed by atoms with van der Waals surface area (Å²) in [7, 11) is 0. The summed E-state index contributed by atoms with van der Waals surface area (Å²) < 4.78 is 0. The van der Waals surface area contributed by atoms with Crippen molar-refractivity contribution in [1.29, 1.82) is 10.5 Å². The molecule has 0 heterocycles. The van der Waals surface area contributed by atoms with Crippen LogP contribution < -0.4 is 5.73 Å². The van der Waals surface area contributed by atoms with E-state index in [2.05, 4.69) is 12.6 Å². The van der Waals surface area contributed by atoms with Crippen LogP contribution in [0.4, 0.5) is 5.69 Å². The molecular formula is C14H11N3S. The van der Waals surface area contributed by atoms with Crippen molar-refractivity contribution in [3.63, 3.8) is 0 Å². The maximum atomic E-state index is 8.38. The van der Waals surface area contributed by atoms with E-state index < -0.39 is 0 Å². The number of hydrogen-bond acceptors (Lipinski definition) is 4. The van der Waals surface area contributed by atoms with Crippen LogP contribution in [-0.2, 0) is 0 Å². The van der Waals surface area contributed by atoms with Crippen molar-refractivity contribution >= 4 is 18.3 Å². The Hall–Kier alpha value is -2.43. The first-order valence-electron chi connectivity index (χ1n) is 5.10. The van der Waals surface area contributed by atoms with Gasteiger partial charge in [-0.05, 0) is 42.5 Å². The summed E-state index contributed by atoms with van der Waals surface area (Å²) in [6, 6.07) is 17.9. The van der Waals surface area contributed by atoms with E-state index in [1.807, 2.05) is 18.2 Å². The standard InChI is InChI=1S/C7H6N2.C7H5NS/c8-5-6-1-3-7(9)4-2-6;8-5-6-2-1-3-7(9)4-6/h1-4H,9H2;1-4,9H. The zero-order valence-corrected chi connectivity index (χ0v) is 10.4. The average molecular weight is 253 g/mol. The van der Waals surface area contributed by atoms with Gasteiger partial charge in [0, 0.05) is 10.6 Å². The molecule has 4 heteroatoms. The molecule has 0 bridgehead atoms. The smallest absolute Gasteiger partial charge is 0.0992 e. The molecule has 0 fully saturated rings. The van der Waals surface area contributed by atoms with Crippen molar-refractivity contribution in [3.05, 3.63) is 59.7 Å². The monoisotopic (exact) mass is 253 g/mol. The second kappa shape index (κ2) is 7.01. The van der Waals surface area contributed by atoms with Crippen LogP contribution in [0.25, 0.3) is 0 Å². The first-order valence-corrected chi connectivity index (χ1v) is 5.55. The van der Waals surface area contributed by atoms with E-state index >= 15 is 0 Å². The van der Waals surface area contributed by atoms with Crippen molar-refractivity contribution in [3.8, 4) is 12.1 Å². The van der Waals surface area contributed by atoms with Crippen LogP contribution in [0.2, 0.25) is 0 Å². The van der Waals surface area contributed by atoms with Crippen LogP contribution >= 0.6 is 12.6 Å². The molecule has 3 nitrogen and oxygen atoms in total. The van der Waals surface area contributed by atoms with Gasteiger partial charge in [0.2, 0.25) is 0 Å². The molecule has 2 aromatic rings. The lowest BCUT2D eigenvalue weighted by Crippen LogP contribution is -1.82. The Kier molecular flexibility index (Phi) is 5.31. The topological polar surface area (TPSA) is 73.6 Å². The number of nitriles is 2. The van der Waals surface area contributed by atoms with Crippen LogP contribution in [0.15, 0.2) is 53.4 Å². The molecule has 0 unspecified atom stereocenters. The van der Waals surface area contributed by atoms with E-state index in [1.165, 1.54) is 0 Å². The number of nitrogens with two attached hydrogens (primary N) is 1. The molecule has 0 saturated heterocycles. The fourth-order valence-electron chi connectivity index (χ4n) is 1.13. The molecule has 0 saturated carbocycles. The second-order valence-electron chi connectivity index (χ2n) is 3.40. The molecule has 0 amide bonds. The molecule has 2 rings (SSSR count). The Morgan fingerprint density at radius 2 is 1.50 bits per heavy atom. The minimum absolute atomic E-state index is 0.643. The van der Waals surface area contributed by atoms with E-state index in [-0.39, 0.29) is 0 Å². The van der Waals surface area contributed by atoms with Crippen molar-refractivity contribution in [2.75, 3.05) is 5.73 Å². The zero-order chi connectivity index (χ0) is 13.4. The maximum absolute atomic E-state index is 8.38. The summed E-state index contributed by atoms with van der Waals surface area (Å²) in [6.07, 6.45) is 0. The molecule has 2 N–H and O–H groups in total. The largest absolute Gasteiger partial charge is 0.399 e. The Morgan fingerprint density at radius 1 is 0.889 bits per heavy atom. The third kappa shape index (κ3) is 4.61. The summed E-state index contributed by atoms with van der Waals surface area (Å²) >= 11 is 4.06. The lowest BCUT2D eigenvalue weighted by Gasteiger charge is -1.88. The lowest BCUT2D eigenvalue weighted by atomic mass is 10.2. The number of nitrogen functional groups attached to an aromatic ring is 1. The fraction of sp³-hybridized carbons (Fsp3) is 0. The first-order chi connectivity index (χ1) is 8.65. The van der Waals surface area contributed by atoms with Crippen molar-refractivity contribution in [2.45, 2.75) is 4.90 Å². The van der Waals surface area contributed by atoms with Gasteiger partial charge in [-0.1, -0.05) is 6.07 Å². The van der Waals surface area contributed by atoms with E-state index in [0.717, 1.165) is 4.90 Å². The summed E-state index contributed by atoms with van der Waals surface area (Å²) in [4.78, 5) is 0.828. The second-order valence-corrected chi connectivity index (χ2v) is 3.91. The highest BCUT2D eigenvalue weighted by atomic mass is 32.1. The van der Waals surface area contributed by atoms with E-state index in [0.29, 0.717) is 16.8 Å². The van der Waals surface area contributed by atoms with Gasteiger partial charge in [-0.25, -0.2) is 0 Å². The number of anilines is 1. The number of thiol groups is 1. The third-order valence-corrected chi connectivity index (χ3v) is 2.29. The van der Waals surface area contributed by atoms with Gasteiger partial charge in [-0.15, -0.1) is 12.6 Å². The molecule has 18 heavy (non-hydrogen) atoms. The van der Waals surface area contributed by atoms with Gasteiger partial charge in [0.1, 0.15) is 0 Å². The van der Waals surface area contributed by atoms with Crippen molar-refractivity contribution in [1.82, 2.24) is 0 Å². The predicted octanol–water partition coefficient (Wildman–Crippen LogP) is 2.99. The summed E-state index contributed by atoms with van der Waals surface area (Å²) in [5.74, 6) is 0. The Labute approximate surface area is 112 Å². The normalized spacial score (nSPS) is 8.39. The molecule has 2 aromatic carbocycles. The Balaban J connectivity index is 0.000000180. The highest BCUT2D eigenvalue weighted by Gasteiger charge is 1.87. The van der Waals surface area contributed by atoms with Gasteiger partial charge in [-0.3, -0.25) is 0 Å². The highest BCUT2D eigenvalue weighted by Crippen LogP contribution is 2.06. The van der Waals surface area contributed by atoms with Gasteiger partial charge in [0.05, 0.1) is 23.3 Å². The average Bonchev–Trinajstić information content (AvgIpc) is 2.40. The Morgan fingerprint density at radius 3 is 1.94 bits per heavy atom. The molecule has 0 atom stereocenters. The molecule has 88 valence electrons. The first kappa shape index (κ1) is 13.6. The summed E-state index contributed by atoms with van der Waals surface area (Å²) in [5.41, 5.74) is 7.36. The zero-order valence-electron chi connectivity index (χ0n) is 9.54. The molecule has 0 spiro atoms. The molecule has 0 aliphatic rings. The quantitative estimate of drug-likeness (QED) is 0.560. The lowest BCUT2D eigenvalue weighted by molar-refractivity contribution is 1.41. The Bertz CT molecular complexity index is 592. The molecular weight excluding hydrogens is 242 g/mol. The van der Waals surface area contributed by atoms with Crippen molar-refractivity contribution < 1.29 is 0 Å². The van der Waals surface area contributed by atoms with E-state index in [4.69, 9.17) is 16.3 Å². The van der Waals surface area contributed by atoms with Gasteiger partial charge in [0.15, 0.2) is 0 Å². The molecule has 0 aromatic heterocycles. The highest BCUT2D eigenvalue weighted by molar-refractivity contribution is 7.80. The number of rotatable bonds is 0. The minimum atomic E-state index is 0.643. The SMILES string of the molecule is N#Cc1ccc(N)cc1.N#Cc1cccc(S)c1. The van der Waals surface area contributed by atoms with E-state index in [1.54, 1.807) is 42.5 Å². The molecule has 0 aliphatic heterocycles. The van der Waals surface area contributed by atoms with Crippen LogP contribution in [0.3, 0.4) is 0 Å². The van der Waals surface area contributed by atoms with Gasteiger partial charge in [-0.2, -0.15) is 10.5 Å². The maximum Gasteiger partial charge on any atom is 0.0992 e. The summed E-state index contributed by atoms with van der Waals surface area (Å²) in [5, 5.41) is 16.7. The van der Waals surface area contributed by atoms with Gasteiger partial charge < -0.3 is 5.73 Å². The molecule has 0 aliphatic carbocycles. The van der Waals surface area contributed by atoms with Gasteiger partial charge >= 0.3 is 0 Å². The van der Waals surface area contributed by atoms with Crippen LogP contribution in [0, 0.1) is 22.7 Å². The van der Waals surface area contributed by atoms with Gasteiger partial charge in [0.25, 0.3) is 0 Å². The predicted molar refractivity (Wildman–Crippen MR) is 74.0 cm³/mol. The number of hydrogen-bond donors (Lipinski definition) is 2. The minimum Gasteiger partial charge on any atom is -0.399 e. The van der Waals surface area contributed by atoms with E-state index in [9.17, 15) is 0 Å². The molecule has 0 radical (unpaired) electrons. The number of benzene rings is 2. The van der Waals surface area contributed by atoms with Crippen LogP contribution in [0.5, 0.6) is 0 Å². The number of nitrogens with zero attached hydrogens (tertiary/aromatic N) is 2. The van der Waals surface area contributed by atoms with Crippen LogP contribution in [-0.4, -0.2) is 0 Å². The van der Waals surface area contributed by atoms with Crippen molar-refractivity contribution in [2.24, 2.45) is 0 Å².